The van der Waals surface area contributed by atoms with E-state index in [4.69, 9.17) is 21.1 Å². The summed E-state index contributed by atoms with van der Waals surface area (Å²) in [4.78, 5) is 16.0. The molecule has 1 aromatic heterocycles. The quantitative estimate of drug-likeness (QED) is 0.596. The molecule has 0 aliphatic carbocycles. The van der Waals surface area contributed by atoms with Crippen LogP contribution in [0, 0.1) is 0 Å². The van der Waals surface area contributed by atoms with Gasteiger partial charge in [0.1, 0.15) is 10.0 Å². The van der Waals surface area contributed by atoms with Crippen molar-refractivity contribution >= 4 is 50.5 Å². The van der Waals surface area contributed by atoms with Gasteiger partial charge in [-0.05, 0) is 47.7 Å². The second-order valence-corrected chi connectivity index (χ2v) is 8.39. The first-order valence-corrected chi connectivity index (χ1v) is 10.1. The molecule has 1 saturated heterocycles. The summed E-state index contributed by atoms with van der Waals surface area (Å²) in [5, 5.41) is 2.56. The van der Waals surface area contributed by atoms with E-state index < -0.39 is 15.9 Å². The Morgan fingerprint density at radius 2 is 2.04 bits per heavy atom. The molecule has 2 aliphatic heterocycles. The van der Waals surface area contributed by atoms with E-state index in [1.54, 1.807) is 24.3 Å². The van der Waals surface area contributed by atoms with Gasteiger partial charge in [0.15, 0.2) is 16.7 Å². The Morgan fingerprint density at radius 1 is 1.22 bits per heavy atom. The largest absolute Gasteiger partial charge is 0.454 e. The van der Waals surface area contributed by atoms with Crippen molar-refractivity contribution in [1.29, 1.82) is 0 Å². The van der Waals surface area contributed by atoms with Crippen LogP contribution in [0.4, 0.5) is 0 Å². The van der Waals surface area contributed by atoms with E-state index in [1.165, 1.54) is 12.1 Å². The Hall–Kier alpha value is -2.56. The predicted octanol–water partition coefficient (Wildman–Crippen LogP) is 2.41. The molecule has 1 amide bonds. The number of halogens is 1. The fraction of sp³-hybridized carbons (Fsp3) is 0.0625. The van der Waals surface area contributed by atoms with E-state index in [2.05, 4.69) is 14.7 Å². The summed E-state index contributed by atoms with van der Waals surface area (Å²) in [6.45, 7) is 0.152. The summed E-state index contributed by atoms with van der Waals surface area (Å²) in [6.07, 6.45) is 2.72. The number of rotatable bonds is 3. The minimum atomic E-state index is -4.02. The Bertz CT molecular complexity index is 1100. The lowest BCUT2D eigenvalue weighted by Crippen LogP contribution is -2.20. The highest BCUT2D eigenvalue weighted by Gasteiger charge is 2.27. The molecular formula is C16H10ClN3O5S2. The first-order chi connectivity index (χ1) is 12.9. The van der Waals surface area contributed by atoms with Crippen LogP contribution in [0.25, 0.3) is 6.08 Å². The molecule has 138 valence electrons. The highest BCUT2D eigenvalue weighted by molar-refractivity contribution is 8.19. The van der Waals surface area contributed by atoms with Gasteiger partial charge in [-0.15, -0.1) is 4.40 Å². The van der Waals surface area contributed by atoms with Crippen LogP contribution >= 0.6 is 23.4 Å². The molecule has 1 aromatic carbocycles. The molecule has 27 heavy (non-hydrogen) atoms. The monoisotopic (exact) mass is 423 g/mol. The molecule has 2 aromatic rings. The van der Waals surface area contributed by atoms with Crippen LogP contribution in [0.15, 0.2) is 50.7 Å². The standard InChI is InChI=1S/C16H10ClN3O5S2/c17-14-4-2-10(7-18-14)27(22,23)20-16-19-15(21)13(26-16)6-9-1-3-11-12(5-9)25-8-24-11/h1-7H,8H2,(H,19,20,21)/b13-6-. The predicted molar refractivity (Wildman–Crippen MR) is 100 cm³/mol. The number of ether oxygens (including phenoxy) is 2. The number of nitrogens with zero attached hydrogens (tertiary/aromatic N) is 2. The number of aromatic nitrogens is 1. The highest BCUT2D eigenvalue weighted by atomic mass is 35.5. The van der Waals surface area contributed by atoms with Gasteiger partial charge in [0.05, 0.1) is 4.91 Å². The normalized spacial score (nSPS) is 18.9. The third kappa shape index (κ3) is 3.77. The molecule has 0 bridgehead atoms. The van der Waals surface area contributed by atoms with E-state index in [0.717, 1.165) is 18.0 Å². The van der Waals surface area contributed by atoms with Crippen molar-refractivity contribution in [2.45, 2.75) is 4.90 Å². The number of sulfonamides is 1. The van der Waals surface area contributed by atoms with E-state index in [9.17, 15) is 13.2 Å². The summed E-state index contributed by atoms with van der Waals surface area (Å²) < 4.78 is 38.8. The third-order valence-electron chi connectivity index (χ3n) is 3.55. The minimum Gasteiger partial charge on any atom is -0.454 e. The maximum Gasteiger partial charge on any atom is 0.286 e. The van der Waals surface area contributed by atoms with Crippen LogP contribution in [0.5, 0.6) is 11.5 Å². The zero-order chi connectivity index (χ0) is 19.0. The maximum absolute atomic E-state index is 12.3. The number of amides is 1. The number of carbonyl (C=O) groups excluding carboxylic acids is 1. The fourth-order valence-corrected chi connectivity index (χ4v) is 4.34. The van der Waals surface area contributed by atoms with Gasteiger partial charge < -0.3 is 9.47 Å². The summed E-state index contributed by atoms with van der Waals surface area (Å²) in [7, 11) is -4.02. The Kier molecular flexibility index (Phi) is 4.54. The fourth-order valence-electron chi connectivity index (χ4n) is 2.30. The van der Waals surface area contributed by atoms with Crippen LogP contribution in [-0.2, 0) is 14.8 Å². The number of carbonyl (C=O) groups is 1. The molecule has 0 atom stereocenters. The zero-order valence-electron chi connectivity index (χ0n) is 13.4. The zero-order valence-corrected chi connectivity index (χ0v) is 15.8. The Labute approximate surface area is 163 Å². The van der Waals surface area contributed by atoms with Gasteiger partial charge in [0.2, 0.25) is 6.79 Å². The summed E-state index contributed by atoms with van der Waals surface area (Å²) in [6, 6.07) is 7.87. The first kappa shape index (κ1) is 17.8. The minimum absolute atomic E-state index is 0.0399. The van der Waals surface area contributed by atoms with Crippen molar-refractivity contribution in [3.63, 3.8) is 0 Å². The van der Waals surface area contributed by atoms with Crippen LogP contribution in [0.2, 0.25) is 5.15 Å². The molecule has 3 heterocycles. The van der Waals surface area contributed by atoms with Crippen molar-refractivity contribution < 1.29 is 22.7 Å². The number of thioether (sulfide) groups is 1. The number of hydrogen-bond donors (Lipinski definition) is 1. The Morgan fingerprint density at radius 3 is 2.81 bits per heavy atom. The molecule has 0 unspecified atom stereocenters. The van der Waals surface area contributed by atoms with Gasteiger partial charge in [-0.3, -0.25) is 10.1 Å². The molecule has 2 aliphatic rings. The van der Waals surface area contributed by atoms with Crippen molar-refractivity contribution in [3.8, 4) is 11.5 Å². The van der Waals surface area contributed by atoms with Crippen molar-refractivity contribution in [2.24, 2.45) is 4.40 Å². The molecule has 11 heteroatoms. The summed E-state index contributed by atoms with van der Waals surface area (Å²) >= 11 is 6.58. The lowest BCUT2D eigenvalue weighted by atomic mass is 10.2. The second kappa shape index (κ2) is 6.87. The van der Waals surface area contributed by atoms with Gasteiger partial charge >= 0.3 is 0 Å². The molecular weight excluding hydrogens is 414 g/mol. The average Bonchev–Trinajstić information content (AvgIpc) is 3.21. The van der Waals surface area contributed by atoms with Crippen LogP contribution < -0.4 is 14.8 Å². The first-order valence-electron chi connectivity index (χ1n) is 7.48. The van der Waals surface area contributed by atoms with Gasteiger partial charge in [-0.25, -0.2) is 4.98 Å². The summed E-state index contributed by atoms with van der Waals surface area (Å²) in [5.74, 6) is 0.769. The van der Waals surface area contributed by atoms with Gasteiger partial charge in [0, 0.05) is 6.20 Å². The topological polar surface area (TPSA) is 107 Å². The van der Waals surface area contributed by atoms with Gasteiger partial charge in [0.25, 0.3) is 15.9 Å². The average molecular weight is 424 g/mol. The second-order valence-electron chi connectivity index (χ2n) is 5.37. The van der Waals surface area contributed by atoms with Crippen LogP contribution in [0.3, 0.4) is 0 Å². The number of hydrogen-bond acceptors (Lipinski definition) is 7. The number of fused-ring (bicyclic) bond motifs is 1. The number of pyridine rings is 1. The molecule has 1 fully saturated rings. The maximum atomic E-state index is 12.3. The lowest BCUT2D eigenvalue weighted by molar-refractivity contribution is -0.115. The SMILES string of the molecule is O=C1NC(=NS(=O)(=O)c2ccc(Cl)nc2)S/C1=C\c1ccc2c(c1)OCO2. The van der Waals surface area contributed by atoms with Crippen molar-refractivity contribution in [3.05, 3.63) is 52.2 Å². The van der Waals surface area contributed by atoms with Gasteiger partial charge in [-0.2, -0.15) is 8.42 Å². The Balaban J connectivity index is 1.58. The highest BCUT2D eigenvalue weighted by Crippen LogP contribution is 2.34. The van der Waals surface area contributed by atoms with E-state index in [-0.39, 0.29) is 22.0 Å². The number of nitrogens with one attached hydrogen (secondary N) is 1. The third-order valence-corrected chi connectivity index (χ3v) is 6.06. The molecule has 8 nitrogen and oxygen atoms in total. The van der Waals surface area contributed by atoms with Gasteiger partial charge in [-0.1, -0.05) is 17.7 Å². The number of amidine groups is 1. The van der Waals surface area contributed by atoms with E-state index >= 15 is 0 Å². The molecule has 0 spiro atoms. The number of benzene rings is 1. The van der Waals surface area contributed by atoms with Crippen LogP contribution in [0.1, 0.15) is 5.56 Å². The molecule has 1 N–H and O–H groups in total. The lowest BCUT2D eigenvalue weighted by Gasteiger charge is -1.99. The van der Waals surface area contributed by atoms with E-state index in [1.807, 2.05) is 0 Å². The molecule has 0 radical (unpaired) electrons. The van der Waals surface area contributed by atoms with Crippen molar-refractivity contribution in [1.82, 2.24) is 10.3 Å². The smallest absolute Gasteiger partial charge is 0.286 e. The van der Waals surface area contributed by atoms with Crippen LogP contribution in [-0.4, -0.2) is 31.3 Å². The molecule has 4 rings (SSSR count). The summed E-state index contributed by atoms with van der Waals surface area (Å²) in [5.41, 5.74) is 0.711. The molecule has 0 saturated carbocycles. The van der Waals surface area contributed by atoms with Crippen molar-refractivity contribution in [2.75, 3.05) is 6.79 Å². The van der Waals surface area contributed by atoms with E-state index in [0.29, 0.717) is 22.0 Å².